The van der Waals surface area contributed by atoms with Crippen LogP contribution in [0, 0.1) is 6.92 Å². The molecule has 1 heterocycles. The maximum Gasteiger partial charge on any atom is 0.250 e. The monoisotopic (exact) mass is 288 g/mol. The second-order valence-electron chi connectivity index (χ2n) is 4.40. The van der Waals surface area contributed by atoms with E-state index in [-0.39, 0.29) is 5.56 Å². The van der Waals surface area contributed by atoms with E-state index in [2.05, 4.69) is 0 Å². The Hall–Kier alpha value is -2.14. The van der Waals surface area contributed by atoms with Crippen molar-refractivity contribution in [3.63, 3.8) is 0 Å². The van der Waals surface area contributed by atoms with E-state index in [0.29, 0.717) is 23.9 Å². The first-order chi connectivity index (χ1) is 9.58. The Morgan fingerprint density at radius 1 is 1.30 bits per heavy atom. The third kappa shape index (κ3) is 3.45. The molecule has 0 saturated carbocycles. The van der Waals surface area contributed by atoms with Crippen molar-refractivity contribution in [2.75, 3.05) is 6.61 Å². The van der Waals surface area contributed by atoms with Crippen molar-refractivity contribution in [3.05, 3.63) is 64.1 Å². The molecule has 0 spiro atoms. The molecule has 0 amide bonds. The summed E-state index contributed by atoms with van der Waals surface area (Å²) in [5.74, 6) is 0.692. The Kier molecular flexibility index (Phi) is 4.53. The van der Waals surface area contributed by atoms with Gasteiger partial charge in [0.1, 0.15) is 17.3 Å². The smallest absolute Gasteiger partial charge is 0.250 e. The number of aromatic nitrogens is 1. The van der Waals surface area contributed by atoms with Crippen molar-refractivity contribution in [2.24, 2.45) is 5.73 Å². The van der Waals surface area contributed by atoms with Crippen LogP contribution in [0.25, 0.3) is 0 Å². The fourth-order valence-electron chi connectivity index (χ4n) is 1.90. The summed E-state index contributed by atoms with van der Waals surface area (Å²) in [4.78, 5) is 12.0. The standard InChI is InChI=1S/C15H16N2O2S/c1-11-4-2-7-14(18)17(11)8-9-19-13-6-3-5-12(10-13)15(16)20/h2-7,10H,8-9H2,1H3,(H2,16,20). The van der Waals surface area contributed by atoms with Crippen molar-refractivity contribution >= 4 is 17.2 Å². The molecule has 0 bridgehead atoms. The number of nitrogens with two attached hydrogens (primary N) is 1. The minimum absolute atomic E-state index is 0.0227. The van der Waals surface area contributed by atoms with Gasteiger partial charge in [-0.3, -0.25) is 4.79 Å². The Morgan fingerprint density at radius 2 is 2.05 bits per heavy atom. The van der Waals surface area contributed by atoms with Crippen molar-refractivity contribution < 1.29 is 4.74 Å². The Labute approximate surface area is 122 Å². The molecule has 4 nitrogen and oxygen atoms in total. The lowest BCUT2D eigenvalue weighted by molar-refractivity contribution is 0.295. The molecule has 1 aromatic carbocycles. The van der Waals surface area contributed by atoms with E-state index in [1.165, 1.54) is 0 Å². The van der Waals surface area contributed by atoms with E-state index in [1.807, 2.05) is 31.2 Å². The van der Waals surface area contributed by atoms with Crippen LogP contribution in [0.1, 0.15) is 11.3 Å². The molecule has 0 atom stereocenters. The number of ether oxygens (including phenoxy) is 1. The molecular formula is C15H16N2O2S. The van der Waals surface area contributed by atoms with Gasteiger partial charge < -0.3 is 15.0 Å². The summed E-state index contributed by atoms with van der Waals surface area (Å²) in [6, 6.07) is 12.5. The van der Waals surface area contributed by atoms with Gasteiger partial charge in [0.15, 0.2) is 0 Å². The quantitative estimate of drug-likeness (QED) is 0.853. The molecule has 20 heavy (non-hydrogen) atoms. The number of thiocarbonyl (C=S) groups is 1. The third-order valence-electron chi connectivity index (χ3n) is 2.97. The van der Waals surface area contributed by atoms with E-state index in [0.717, 1.165) is 11.3 Å². The summed E-state index contributed by atoms with van der Waals surface area (Å²) in [7, 11) is 0. The summed E-state index contributed by atoms with van der Waals surface area (Å²) in [6.45, 7) is 2.81. The second-order valence-corrected chi connectivity index (χ2v) is 4.84. The number of rotatable bonds is 5. The summed E-state index contributed by atoms with van der Waals surface area (Å²) in [6.07, 6.45) is 0. The van der Waals surface area contributed by atoms with Gasteiger partial charge in [0.2, 0.25) is 0 Å². The number of pyridine rings is 1. The van der Waals surface area contributed by atoms with Crippen molar-refractivity contribution in [1.29, 1.82) is 0 Å². The van der Waals surface area contributed by atoms with Crippen LogP contribution < -0.4 is 16.0 Å². The highest BCUT2D eigenvalue weighted by Crippen LogP contribution is 2.13. The molecule has 0 fully saturated rings. The molecule has 2 aromatic rings. The molecule has 0 unspecified atom stereocenters. The SMILES string of the molecule is Cc1cccc(=O)n1CCOc1cccc(C(N)=S)c1. The summed E-state index contributed by atoms with van der Waals surface area (Å²) < 4.78 is 7.31. The van der Waals surface area contributed by atoms with Crippen LogP contribution in [-0.4, -0.2) is 16.2 Å². The second kappa shape index (κ2) is 6.34. The van der Waals surface area contributed by atoms with Gasteiger partial charge in [-0.25, -0.2) is 0 Å². The van der Waals surface area contributed by atoms with Crippen molar-refractivity contribution in [2.45, 2.75) is 13.5 Å². The first kappa shape index (κ1) is 14.3. The first-order valence-electron chi connectivity index (χ1n) is 6.27. The number of benzene rings is 1. The van der Waals surface area contributed by atoms with Crippen molar-refractivity contribution in [3.8, 4) is 5.75 Å². The van der Waals surface area contributed by atoms with Crippen LogP contribution in [-0.2, 0) is 6.54 Å². The maximum absolute atomic E-state index is 11.7. The van der Waals surface area contributed by atoms with Gasteiger partial charge >= 0.3 is 0 Å². The van der Waals surface area contributed by atoms with Crippen LogP contribution in [0.5, 0.6) is 5.75 Å². The number of hydrogen-bond donors (Lipinski definition) is 1. The largest absolute Gasteiger partial charge is 0.492 e. The van der Waals surface area contributed by atoms with Crippen LogP contribution in [0.15, 0.2) is 47.3 Å². The van der Waals surface area contributed by atoms with Gasteiger partial charge in [0.25, 0.3) is 5.56 Å². The van der Waals surface area contributed by atoms with Gasteiger partial charge in [-0.1, -0.05) is 30.4 Å². The van der Waals surface area contributed by atoms with Gasteiger partial charge in [0, 0.05) is 17.3 Å². The molecule has 0 radical (unpaired) electrons. The minimum Gasteiger partial charge on any atom is -0.492 e. The normalized spacial score (nSPS) is 10.2. The highest BCUT2D eigenvalue weighted by atomic mass is 32.1. The molecule has 0 aliphatic heterocycles. The molecule has 0 aliphatic carbocycles. The highest BCUT2D eigenvalue weighted by Gasteiger charge is 2.01. The molecular weight excluding hydrogens is 272 g/mol. The third-order valence-corrected chi connectivity index (χ3v) is 3.21. The van der Waals surface area contributed by atoms with E-state index in [9.17, 15) is 4.79 Å². The fourth-order valence-corrected chi connectivity index (χ4v) is 2.03. The van der Waals surface area contributed by atoms with Crippen LogP contribution in [0.3, 0.4) is 0 Å². The molecule has 0 aliphatic rings. The lowest BCUT2D eigenvalue weighted by Crippen LogP contribution is -2.24. The van der Waals surface area contributed by atoms with E-state index < -0.39 is 0 Å². The Balaban J connectivity index is 2.01. The molecule has 5 heteroatoms. The first-order valence-corrected chi connectivity index (χ1v) is 6.68. The average molecular weight is 288 g/mol. The van der Waals surface area contributed by atoms with E-state index in [4.69, 9.17) is 22.7 Å². The Morgan fingerprint density at radius 3 is 2.75 bits per heavy atom. The number of hydrogen-bond acceptors (Lipinski definition) is 3. The zero-order valence-corrected chi connectivity index (χ0v) is 12.0. The molecule has 1 aromatic heterocycles. The zero-order valence-electron chi connectivity index (χ0n) is 11.2. The fraction of sp³-hybridized carbons (Fsp3) is 0.200. The molecule has 2 N–H and O–H groups in total. The minimum atomic E-state index is -0.0227. The van der Waals surface area contributed by atoms with Gasteiger partial charge in [-0.15, -0.1) is 0 Å². The lowest BCUT2D eigenvalue weighted by atomic mass is 10.2. The van der Waals surface area contributed by atoms with Crippen molar-refractivity contribution in [1.82, 2.24) is 4.57 Å². The van der Waals surface area contributed by atoms with Gasteiger partial charge in [-0.2, -0.15) is 0 Å². The summed E-state index contributed by atoms with van der Waals surface area (Å²) in [5, 5.41) is 0. The van der Waals surface area contributed by atoms with E-state index in [1.54, 1.807) is 22.8 Å². The van der Waals surface area contributed by atoms with Gasteiger partial charge in [-0.05, 0) is 25.1 Å². The van der Waals surface area contributed by atoms with Crippen LogP contribution in [0.4, 0.5) is 0 Å². The van der Waals surface area contributed by atoms with E-state index >= 15 is 0 Å². The molecule has 2 rings (SSSR count). The Bertz CT molecular complexity index is 680. The molecule has 0 saturated heterocycles. The van der Waals surface area contributed by atoms with Crippen LogP contribution >= 0.6 is 12.2 Å². The molecule has 104 valence electrons. The maximum atomic E-state index is 11.7. The lowest BCUT2D eigenvalue weighted by Gasteiger charge is -2.11. The average Bonchev–Trinajstić information content (AvgIpc) is 2.42. The highest BCUT2D eigenvalue weighted by molar-refractivity contribution is 7.80. The van der Waals surface area contributed by atoms with Crippen LogP contribution in [0.2, 0.25) is 0 Å². The summed E-state index contributed by atoms with van der Waals surface area (Å²) in [5.41, 5.74) is 7.23. The predicted molar refractivity (Wildman–Crippen MR) is 83.3 cm³/mol. The topological polar surface area (TPSA) is 57.2 Å². The number of aryl methyl sites for hydroxylation is 1. The zero-order chi connectivity index (χ0) is 14.5. The van der Waals surface area contributed by atoms with Gasteiger partial charge in [0.05, 0.1) is 6.54 Å². The predicted octanol–water partition coefficient (Wildman–Crippen LogP) is 1.87. The summed E-state index contributed by atoms with van der Waals surface area (Å²) >= 11 is 4.92. The number of nitrogens with zero attached hydrogens (tertiary/aromatic N) is 1.